The third-order valence-corrected chi connectivity index (χ3v) is 3.54. The molecule has 0 aliphatic rings. The zero-order valence-electron chi connectivity index (χ0n) is 15.2. The molecule has 0 heterocycles. The predicted octanol–water partition coefficient (Wildman–Crippen LogP) is 2.42. The average molecular weight is 356 g/mol. The standard InChI is InChI=1S/C20H24N2O4/c1-14(2)26-17-9-7-15(8-10-17)12-21-19(23)20(24)22-13-16-5-4-6-18(11-16)25-3/h4-11,14H,12-13H2,1-3H3,(H,21,23)(H,22,24). The number of benzene rings is 2. The van der Waals surface area contributed by atoms with Gasteiger partial charge in [0.2, 0.25) is 0 Å². The molecule has 0 aromatic heterocycles. The van der Waals surface area contributed by atoms with Crippen molar-refractivity contribution in [2.45, 2.75) is 33.0 Å². The number of amides is 2. The molecule has 6 nitrogen and oxygen atoms in total. The van der Waals surface area contributed by atoms with Gasteiger partial charge in [0.1, 0.15) is 11.5 Å². The van der Waals surface area contributed by atoms with Gasteiger partial charge < -0.3 is 20.1 Å². The van der Waals surface area contributed by atoms with Crippen molar-refractivity contribution in [1.82, 2.24) is 10.6 Å². The summed E-state index contributed by atoms with van der Waals surface area (Å²) in [4.78, 5) is 23.8. The smallest absolute Gasteiger partial charge is 0.309 e. The van der Waals surface area contributed by atoms with Crippen LogP contribution < -0.4 is 20.1 Å². The van der Waals surface area contributed by atoms with E-state index in [1.807, 2.05) is 56.3 Å². The summed E-state index contributed by atoms with van der Waals surface area (Å²) in [6.07, 6.45) is 0.105. The minimum atomic E-state index is -0.674. The van der Waals surface area contributed by atoms with Crippen LogP contribution >= 0.6 is 0 Å². The van der Waals surface area contributed by atoms with Crippen molar-refractivity contribution in [1.29, 1.82) is 0 Å². The normalized spacial score (nSPS) is 10.3. The van der Waals surface area contributed by atoms with E-state index >= 15 is 0 Å². The molecule has 2 rings (SSSR count). The lowest BCUT2D eigenvalue weighted by atomic mass is 10.2. The Morgan fingerprint density at radius 3 is 2.08 bits per heavy atom. The van der Waals surface area contributed by atoms with Crippen LogP contribution in [0.5, 0.6) is 11.5 Å². The maximum Gasteiger partial charge on any atom is 0.309 e. The van der Waals surface area contributed by atoms with Gasteiger partial charge in [-0.05, 0) is 49.2 Å². The molecular weight excluding hydrogens is 332 g/mol. The van der Waals surface area contributed by atoms with Crippen molar-refractivity contribution in [3.8, 4) is 11.5 Å². The molecule has 2 aromatic rings. The molecule has 2 N–H and O–H groups in total. The Hall–Kier alpha value is -3.02. The van der Waals surface area contributed by atoms with Gasteiger partial charge in [0.25, 0.3) is 0 Å². The average Bonchev–Trinajstić information content (AvgIpc) is 2.65. The van der Waals surface area contributed by atoms with E-state index in [1.165, 1.54) is 0 Å². The van der Waals surface area contributed by atoms with Crippen LogP contribution in [0, 0.1) is 0 Å². The highest BCUT2D eigenvalue weighted by Gasteiger charge is 2.12. The SMILES string of the molecule is COc1cccc(CNC(=O)C(=O)NCc2ccc(OC(C)C)cc2)c1. The Bertz CT molecular complexity index is 742. The minimum Gasteiger partial charge on any atom is -0.497 e. The van der Waals surface area contributed by atoms with Crippen molar-refractivity contribution >= 4 is 11.8 Å². The van der Waals surface area contributed by atoms with Gasteiger partial charge in [0.05, 0.1) is 13.2 Å². The van der Waals surface area contributed by atoms with E-state index < -0.39 is 11.8 Å². The third-order valence-electron chi connectivity index (χ3n) is 3.54. The van der Waals surface area contributed by atoms with Gasteiger partial charge >= 0.3 is 11.8 Å². The highest BCUT2D eigenvalue weighted by Crippen LogP contribution is 2.14. The van der Waals surface area contributed by atoms with Gasteiger partial charge in [0.15, 0.2) is 0 Å². The summed E-state index contributed by atoms with van der Waals surface area (Å²) in [7, 11) is 1.58. The second kappa shape index (κ2) is 9.46. The van der Waals surface area contributed by atoms with Crippen LogP contribution in [0.25, 0.3) is 0 Å². The Morgan fingerprint density at radius 2 is 1.50 bits per heavy atom. The lowest BCUT2D eigenvalue weighted by Gasteiger charge is -2.10. The fraction of sp³-hybridized carbons (Fsp3) is 0.300. The zero-order valence-corrected chi connectivity index (χ0v) is 15.2. The molecule has 0 spiro atoms. The van der Waals surface area contributed by atoms with Crippen molar-refractivity contribution in [3.63, 3.8) is 0 Å². The van der Waals surface area contributed by atoms with E-state index in [0.717, 1.165) is 16.9 Å². The first kappa shape index (κ1) is 19.3. The van der Waals surface area contributed by atoms with Crippen LogP contribution in [-0.2, 0) is 22.7 Å². The van der Waals surface area contributed by atoms with E-state index in [9.17, 15) is 9.59 Å². The van der Waals surface area contributed by atoms with Crippen LogP contribution in [0.15, 0.2) is 48.5 Å². The summed E-state index contributed by atoms with van der Waals surface area (Å²) >= 11 is 0. The fourth-order valence-electron chi connectivity index (χ4n) is 2.27. The van der Waals surface area contributed by atoms with Crippen LogP contribution in [0.1, 0.15) is 25.0 Å². The second-order valence-electron chi connectivity index (χ2n) is 6.03. The molecule has 0 aliphatic carbocycles. The maximum atomic E-state index is 11.9. The van der Waals surface area contributed by atoms with Crippen LogP contribution in [0.2, 0.25) is 0 Å². The van der Waals surface area contributed by atoms with Gasteiger partial charge in [-0.1, -0.05) is 24.3 Å². The van der Waals surface area contributed by atoms with E-state index in [2.05, 4.69) is 10.6 Å². The number of methoxy groups -OCH3 is 1. The monoisotopic (exact) mass is 356 g/mol. The van der Waals surface area contributed by atoms with Gasteiger partial charge in [0, 0.05) is 13.1 Å². The topological polar surface area (TPSA) is 76.7 Å². The first-order chi connectivity index (χ1) is 12.5. The lowest BCUT2D eigenvalue weighted by Crippen LogP contribution is -2.39. The number of hydrogen-bond acceptors (Lipinski definition) is 4. The Labute approximate surface area is 153 Å². The molecule has 0 bridgehead atoms. The molecule has 26 heavy (non-hydrogen) atoms. The first-order valence-corrected chi connectivity index (χ1v) is 8.42. The van der Waals surface area contributed by atoms with Gasteiger partial charge in [-0.2, -0.15) is 0 Å². The molecule has 0 fully saturated rings. The molecule has 0 saturated heterocycles. The van der Waals surface area contributed by atoms with Gasteiger partial charge in [-0.25, -0.2) is 0 Å². The number of carbonyl (C=O) groups excluding carboxylic acids is 2. The lowest BCUT2D eigenvalue weighted by molar-refractivity contribution is -0.139. The molecule has 0 saturated carbocycles. The molecule has 138 valence electrons. The quantitative estimate of drug-likeness (QED) is 0.747. The summed E-state index contributed by atoms with van der Waals surface area (Å²) in [6, 6.07) is 14.7. The molecule has 2 amide bonds. The molecule has 0 aliphatic heterocycles. The van der Waals surface area contributed by atoms with Crippen molar-refractivity contribution < 1.29 is 19.1 Å². The summed E-state index contributed by atoms with van der Waals surface area (Å²) in [5.74, 6) is 0.125. The van der Waals surface area contributed by atoms with Crippen LogP contribution in [0.4, 0.5) is 0 Å². The van der Waals surface area contributed by atoms with Crippen molar-refractivity contribution in [3.05, 3.63) is 59.7 Å². The second-order valence-corrected chi connectivity index (χ2v) is 6.03. The van der Waals surface area contributed by atoms with E-state index in [-0.39, 0.29) is 19.2 Å². The van der Waals surface area contributed by atoms with Crippen LogP contribution in [-0.4, -0.2) is 25.0 Å². The largest absolute Gasteiger partial charge is 0.497 e. The van der Waals surface area contributed by atoms with E-state index in [1.54, 1.807) is 13.2 Å². The van der Waals surface area contributed by atoms with Crippen molar-refractivity contribution in [2.24, 2.45) is 0 Å². The summed E-state index contributed by atoms with van der Waals surface area (Å²) in [6.45, 7) is 4.44. The van der Waals surface area contributed by atoms with E-state index in [0.29, 0.717) is 5.75 Å². The molecule has 6 heteroatoms. The number of rotatable bonds is 7. The summed E-state index contributed by atoms with van der Waals surface area (Å²) in [5.41, 5.74) is 1.74. The van der Waals surface area contributed by atoms with Gasteiger partial charge in [-0.15, -0.1) is 0 Å². The van der Waals surface area contributed by atoms with Crippen LogP contribution in [0.3, 0.4) is 0 Å². The predicted molar refractivity (Wildman–Crippen MR) is 98.9 cm³/mol. The minimum absolute atomic E-state index is 0.105. The highest BCUT2D eigenvalue weighted by molar-refractivity contribution is 6.35. The van der Waals surface area contributed by atoms with E-state index in [4.69, 9.17) is 9.47 Å². The number of hydrogen-bond donors (Lipinski definition) is 2. The zero-order chi connectivity index (χ0) is 18.9. The molecule has 2 aromatic carbocycles. The number of carbonyl (C=O) groups is 2. The molecule has 0 atom stereocenters. The Morgan fingerprint density at radius 1 is 0.885 bits per heavy atom. The van der Waals surface area contributed by atoms with Gasteiger partial charge in [-0.3, -0.25) is 9.59 Å². The third kappa shape index (κ3) is 6.12. The van der Waals surface area contributed by atoms with Crippen molar-refractivity contribution in [2.75, 3.05) is 7.11 Å². The Kier molecular flexibility index (Phi) is 7.02. The maximum absolute atomic E-state index is 11.9. The summed E-state index contributed by atoms with van der Waals surface area (Å²) < 4.78 is 10.7. The Balaban J connectivity index is 1.78. The fourth-order valence-corrected chi connectivity index (χ4v) is 2.27. The number of ether oxygens (including phenoxy) is 2. The molecule has 0 radical (unpaired) electrons. The highest BCUT2D eigenvalue weighted by atomic mass is 16.5. The first-order valence-electron chi connectivity index (χ1n) is 8.42. The number of nitrogens with one attached hydrogen (secondary N) is 2. The molecule has 0 unspecified atom stereocenters. The summed E-state index contributed by atoms with van der Waals surface area (Å²) in [5, 5.41) is 5.19. The molecular formula is C20H24N2O4.